The van der Waals surface area contributed by atoms with Crippen molar-refractivity contribution in [2.75, 3.05) is 13.1 Å². The largest absolute Gasteiger partial charge is 0.481 e. The van der Waals surface area contributed by atoms with E-state index in [-0.39, 0.29) is 30.2 Å². The number of carboxylic acids is 1. The Labute approximate surface area is 164 Å². The van der Waals surface area contributed by atoms with Crippen molar-refractivity contribution in [1.82, 2.24) is 10.2 Å². The van der Waals surface area contributed by atoms with Crippen LogP contribution in [0, 0.1) is 5.82 Å². The molecule has 2 amide bonds. The second-order valence-electron chi connectivity index (χ2n) is 7.22. The minimum absolute atomic E-state index is 0.00433. The van der Waals surface area contributed by atoms with Crippen LogP contribution >= 0.6 is 0 Å². The molecule has 0 spiro atoms. The number of carbonyl (C=O) groups is 2. The van der Waals surface area contributed by atoms with Crippen LogP contribution in [0.25, 0.3) is 0 Å². The molecule has 2 N–H and O–H groups in total. The van der Waals surface area contributed by atoms with Crippen LogP contribution in [-0.4, -0.2) is 41.1 Å². The zero-order valence-electron chi connectivity index (χ0n) is 15.7. The van der Waals surface area contributed by atoms with E-state index in [0.717, 1.165) is 5.56 Å². The third-order valence-electron chi connectivity index (χ3n) is 5.18. The van der Waals surface area contributed by atoms with Gasteiger partial charge in [-0.1, -0.05) is 48.5 Å². The molecule has 28 heavy (non-hydrogen) atoms. The van der Waals surface area contributed by atoms with Crippen LogP contribution in [0.1, 0.15) is 36.3 Å². The number of nitrogens with one attached hydrogen (secondary N) is 1. The molecule has 3 rings (SSSR count). The van der Waals surface area contributed by atoms with Gasteiger partial charge in [-0.15, -0.1) is 0 Å². The summed E-state index contributed by atoms with van der Waals surface area (Å²) >= 11 is 0. The number of halogens is 1. The summed E-state index contributed by atoms with van der Waals surface area (Å²) in [6, 6.07) is 15.9. The summed E-state index contributed by atoms with van der Waals surface area (Å²) < 4.78 is 14.0. The lowest BCUT2D eigenvalue weighted by molar-refractivity contribution is -0.137. The van der Waals surface area contributed by atoms with Gasteiger partial charge in [0.1, 0.15) is 5.82 Å². The fourth-order valence-electron chi connectivity index (χ4n) is 3.69. The first-order chi connectivity index (χ1) is 13.5. The third-order valence-corrected chi connectivity index (χ3v) is 5.18. The second kappa shape index (κ2) is 9.35. The fraction of sp³-hybridized carbons (Fsp3) is 0.364. The Morgan fingerprint density at radius 3 is 2.57 bits per heavy atom. The van der Waals surface area contributed by atoms with E-state index in [9.17, 15) is 14.0 Å². The van der Waals surface area contributed by atoms with Crippen molar-refractivity contribution >= 4 is 12.0 Å². The molecule has 0 saturated carbocycles. The van der Waals surface area contributed by atoms with Crippen molar-refractivity contribution in [3.63, 3.8) is 0 Å². The van der Waals surface area contributed by atoms with Gasteiger partial charge >= 0.3 is 12.0 Å². The van der Waals surface area contributed by atoms with Crippen LogP contribution in [0.5, 0.6) is 0 Å². The van der Waals surface area contributed by atoms with Crippen molar-refractivity contribution in [3.8, 4) is 0 Å². The average Bonchev–Trinajstić information content (AvgIpc) is 3.17. The summed E-state index contributed by atoms with van der Waals surface area (Å²) in [5.74, 6) is -1.13. The highest BCUT2D eigenvalue weighted by atomic mass is 19.1. The minimum atomic E-state index is -0.881. The molecule has 2 unspecified atom stereocenters. The van der Waals surface area contributed by atoms with Gasteiger partial charge in [-0.3, -0.25) is 4.79 Å². The van der Waals surface area contributed by atoms with Crippen LogP contribution in [0.15, 0.2) is 54.6 Å². The molecule has 148 valence electrons. The number of rotatable bonds is 7. The van der Waals surface area contributed by atoms with Gasteiger partial charge < -0.3 is 15.3 Å². The Balaban J connectivity index is 1.61. The van der Waals surface area contributed by atoms with E-state index >= 15 is 0 Å². The number of aliphatic carboxylic acids is 1. The minimum Gasteiger partial charge on any atom is -0.481 e. The zero-order valence-corrected chi connectivity index (χ0v) is 15.7. The van der Waals surface area contributed by atoms with E-state index in [1.54, 1.807) is 17.0 Å². The maximum Gasteiger partial charge on any atom is 0.317 e. The molecule has 5 nitrogen and oxygen atoms in total. The predicted molar refractivity (Wildman–Crippen MR) is 105 cm³/mol. The molecule has 0 radical (unpaired) electrons. The van der Waals surface area contributed by atoms with Gasteiger partial charge in [0.25, 0.3) is 0 Å². The van der Waals surface area contributed by atoms with Gasteiger partial charge in [-0.2, -0.15) is 0 Å². The van der Waals surface area contributed by atoms with Gasteiger partial charge in [0.15, 0.2) is 0 Å². The van der Waals surface area contributed by atoms with E-state index in [1.807, 2.05) is 36.4 Å². The molecule has 2 aromatic carbocycles. The Morgan fingerprint density at radius 2 is 1.86 bits per heavy atom. The third kappa shape index (κ3) is 5.31. The molecule has 1 fully saturated rings. The SMILES string of the molecule is O=C(O)CCC(Cc1ccccc1)NC(=O)N1CCC(c2ccccc2F)C1. The molecule has 1 aliphatic heterocycles. The number of hydrogen-bond donors (Lipinski definition) is 2. The summed E-state index contributed by atoms with van der Waals surface area (Å²) in [4.78, 5) is 25.4. The summed E-state index contributed by atoms with van der Waals surface area (Å²) in [5.41, 5.74) is 1.69. The number of carboxylic acid groups (broad SMARTS) is 1. The van der Waals surface area contributed by atoms with E-state index in [4.69, 9.17) is 5.11 Å². The summed E-state index contributed by atoms with van der Waals surface area (Å²) in [6.45, 7) is 1.02. The van der Waals surface area contributed by atoms with Gasteiger partial charge in [-0.25, -0.2) is 9.18 Å². The number of hydrogen-bond acceptors (Lipinski definition) is 2. The summed E-state index contributed by atoms with van der Waals surface area (Å²) in [7, 11) is 0. The van der Waals surface area contributed by atoms with Crippen molar-refractivity contribution in [2.24, 2.45) is 0 Å². The van der Waals surface area contributed by atoms with Crippen molar-refractivity contribution < 1.29 is 19.1 Å². The van der Waals surface area contributed by atoms with Crippen LogP contribution in [0.3, 0.4) is 0 Å². The lowest BCUT2D eigenvalue weighted by Gasteiger charge is -2.23. The molecule has 1 aliphatic rings. The first kappa shape index (κ1) is 19.9. The highest BCUT2D eigenvalue weighted by Gasteiger charge is 2.29. The maximum atomic E-state index is 14.0. The molecule has 0 aliphatic carbocycles. The highest BCUT2D eigenvalue weighted by Crippen LogP contribution is 2.29. The van der Waals surface area contributed by atoms with E-state index in [2.05, 4.69) is 5.32 Å². The second-order valence-corrected chi connectivity index (χ2v) is 7.22. The van der Waals surface area contributed by atoms with Crippen molar-refractivity contribution in [1.29, 1.82) is 0 Å². The zero-order chi connectivity index (χ0) is 19.9. The normalized spacial score (nSPS) is 17.3. The molecule has 6 heteroatoms. The summed E-state index contributed by atoms with van der Waals surface area (Å²) in [5, 5.41) is 12.0. The average molecular weight is 384 g/mol. The lowest BCUT2D eigenvalue weighted by Crippen LogP contribution is -2.45. The Kier molecular flexibility index (Phi) is 6.63. The number of carbonyl (C=O) groups excluding carboxylic acids is 1. The molecule has 2 atom stereocenters. The number of amides is 2. The van der Waals surface area contributed by atoms with Crippen LogP contribution in [0.2, 0.25) is 0 Å². The van der Waals surface area contributed by atoms with Crippen LogP contribution < -0.4 is 5.32 Å². The molecule has 0 bridgehead atoms. The smallest absolute Gasteiger partial charge is 0.317 e. The van der Waals surface area contributed by atoms with Crippen LogP contribution in [-0.2, 0) is 11.2 Å². The van der Waals surface area contributed by atoms with Crippen LogP contribution in [0.4, 0.5) is 9.18 Å². The predicted octanol–water partition coefficient (Wildman–Crippen LogP) is 3.80. The Hall–Kier alpha value is -2.89. The number of urea groups is 1. The standard InChI is InChI=1S/C22H25FN2O3/c23-20-9-5-4-8-19(20)17-12-13-25(15-17)22(28)24-18(10-11-21(26)27)14-16-6-2-1-3-7-16/h1-9,17-18H,10-15H2,(H,24,28)(H,26,27). The van der Waals surface area contributed by atoms with Crippen molar-refractivity contribution in [3.05, 3.63) is 71.5 Å². The molecule has 0 aromatic heterocycles. The Bertz CT molecular complexity index is 812. The van der Waals surface area contributed by atoms with Gasteiger partial charge in [-0.05, 0) is 36.5 Å². The maximum absolute atomic E-state index is 14.0. The molecule has 1 saturated heterocycles. The Morgan fingerprint density at radius 1 is 1.14 bits per heavy atom. The van der Waals surface area contributed by atoms with Gasteiger partial charge in [0.05, 0.1) is 0 Å². The van der Waals surface area contributed by atoms with Gasteiger partial charge in [0.2, 0.25) is 0 Å². The first-order valence-corrected chi connectivity index (χ1v) is 9.58. The molecule has 2 aromatic rings. The molecule has 1 heterocycles. The highest BCUT2D eigenvalue weighted by molar-refractivity contribution is 5.75. The number of nitrogens with zero attached hydrogens (tertiary/aromatic N) is 1. The van der Waals surface area contributed by atoms with Gasteiger partial charge in [0, 0.05) is 31.5 Å². The quantitative estimate of drug-likeness (QED) is 0.763. The summed E-state index contributed by atoms with van der Waals surface area (Å²) in [6.07, 6.45) is 1.65. The lowest BCUT2D eigenvalue weighted by atomic mass is 9.98. The molecular formula is C22H25FN2O3. The van der Waals surface area contributed by atoms with E-state index in [1.165, 1.54) is 6.07 Å². The first-order valence-electron chi connectivity index (χ1n) is 9.58. The topological polar surface area (TPSA) is 69.6 Å². The van der Waals surface area contributed by atoms with E-state index < -0.39 is 5.97 Å². The molecular weight excluding hydrogens is 359 g/mol. The fourth-order valence-corrected chi connectivity index (χ4v) is 3.69. The van der Waals surface area contributed by atoms with E-state index in [0.29, 0.717) is 37.9 Å². The van der Waals surface area contributed by atoms with Crippen molar-refractivity contribution in [2.45, 2.75) is 37.6 Å². The number of benzene rings is 2. The monoisotopic (exact) mass is 384 g/mol. The number of likely N-dealkylation sites (tertiary alicyclic amines) is 1.